The summed E-state index contributed by atoms with van der Waals surface area (Å²) in [5.41, 5.74) is 12.2. The van der Waals surface area contributed by atoms with Gasteiger partial charge in [0.2, 0.25) is 0 Å². The van der Waals surface area contributed by atoms with Gasteiger partial charge in [0.05, 0.1) is 11.0 Å². The fourth-order valence-corrected chi connectivity index (χ4v) is 11.3. The molecule has 0 amide bonds. The quantitative estimate of drug-likeness (QED) is 0.141. The average Bonchev–Trinajstić information content (AvgIpc) is 3.92. The Balaban J connectivity index is 1.10. The topological polar surface area (TPSA) is 11.4 Å². The lowest BCUT2D eigenvalue weighted by Crippen LogP contribution is -2.13. The van der Waals surface area contributed by atoms with Crippen LogP contribution in [0.1, 0.15) is 0 Å². The molecule has 0 bridgehead atoms. The third-order valence-corrected chi connectivity index (χ3v) is 14.2. The molecule has 0 unspecified atom stereocenters. The van der Waals surface area contributed by atoms with Crippen molar-refractivity contribution in [3.8, 4) is 16.8 Å². The lowest BCUT2D eigenvalue weighted by Gasteiger charge is -2.30. The second kappa shape index (κ2) is 15.7. The summed E-state index contributed by atoms with van der Waals surface area (Å²) in [6, 6.07) is 91.0. The molecule has 2 heterocycles. The number of nitrogens with zero attached hydrogens (tertiary/aromatic N) is 3. The molecular formula is C62H41N3S. The molecular weight excluding hydrogens is 819 g/mol. The van der Waals surface area contributed by atoms with Gasteiger partial charge in [-0.2, -0.15) is 0 Å². The first kappa shape index (κ1) is 38.1. The fraction of sp³-hybridized carbons (Fsp3) is 0. The Morgan fingerprint density at radius 3 is 1.52 bits per heavy atom. The molecule has 2 aromatic heterocycles. The standard InChI is InChI=1S/C62H41N3S/c1-4-19-44(20-5-1)63(47-32-34-55-54-28-14-16-30-59(54)65(60(55)40-47)46-23-8-3-9-24-46)49-36-43(58-38-42-18-10-11-25-51(42)52-26-12-13-27-53(52)58)37-50(39-49)64(45-21-6-2-7-22-45)48-33-35-57-56-29-15-17-31-61(56)66-62(57)41-48/h1-41H. The Morgan fingerprint density at radius 1 is 0.288 bits per heavy atom. The number of hydrogen-bond acceptors (Lipinski definition) is 3. The van der Waals surface area contributed by atoms with E-state index in [1.165, 1.54) is 63.6 Å². The van der Waals surface area contributed by atoms with E-state index in [0.717, 1.165) is 50.9 Å². The molecule has 0 radical (unpaired) electrons. The second-order valence-electron chi connectivity index (χ2n) is 16.9. The van der Waals surface area contributed by atoms with Crippen molar-refractivity contribution in [2.45, 2.75) is 0 Å². The molecule has 0 atom stereocenters. The van der Waals surface area contributed by atoms with Gasteiger partial charge in [0, 0.05) is 70.8 Å². The van der Waals surface area contributed by atoms with Crippen LogP contribution in [0.2, 0.25) is 0 Å². The summed E-state index contributed by atoms with van der Waals surface area (Å²) >= 11 is 1.85. The first-order valence-corrected chi connectivity index (χ1v) is 23.3. The van der Waals surface area contributed by atoms with Crippen LogP contribution in [0.4, 0.5) is 34.1 Å². The number of aromatic nitrogens is 1. The minimum atomic E-state index is 1.05. The lowest BCUT2D eigenvalue weighted by atomic mass is 9.92. The molecule has 0 N–H and O–H groups in total. The van der Waals surface area contributed by atoms with Crippen LogP contribution in [0.3, 0.4) is 0 Å². The Bertz CT molecular complexity index is 3950. The first-order chi connectivity index (χ1) is 32.7. The van der Waals surface area contributed by atoms with Crippen molar-refractivity contribution in [1.82, 2.24) is 4.57 Å². The van der Waals surface area contributed by atoms with E-state index in [0.29, 0.717) is 0 Å². The molecule has 13 aromatic rings. The molecule has 13 rings (SSSR count). The summed E-state index contributed by atoms with van der Waals surface area (Å²) in [5.74, 6) is 0. The number of benzene rings is 11. The van der Waals surface area contributed by atoms with Crippen LogP contribution in [0.5, 0.6) is 0 Å². The fourth-order valence-electron chi connectivity index (χ4n) is 10.2. The van der Waals surface area contributed by atoms with Crippen molar-refractivity contribution in [2.24, 2.45) is 0 Å². The average molecular weight is 860 g/mol. The number of thiophene rings is 1. The molecule has 310 valence electrons. The summed E-state index contributed by atoms with van der Waals surface area (Å²) in [5, 5.41) is 9.96. The number of rotatable bonds is 8. The molecule has 0 spiro atoms. The van der Waals surface area contributed by atoms with Crippen LogP contribution in [0, 0.1) is 0 Å². The van der Waals surface area contributed by atoms with Gasteiger partial charge in [-0.25, -0.2) is 0 Å². The third kappa shape index (κ3) is 6.34. The zero-order chi connectivity index (χ0) is 43.6. The predicted molar refractivity (Wildman–Crippen MR) is 283 cm³/mol. The zero-order valence-electron chi connectivity index (χ0n) is 35.9. The van der Waals surface area contributed by atoms with Crippen LogP contribution in [0.25, 0.3) is 80.3 Å². The van der Waals surface area contributed by atoms with E-state index in [-0.39, 0.29) is 0 Å². The van der Waals surface area contributed by atoms with Gasteiger partial charge in [0.1, 0.15) is 0 Å². The third-order valence-electron chi connectivity index (χ3n) is 13.1. The van der Waals surface area contributed by atoms with E-state index >= 15 is 0 Å². The maximum atomic E-state index is 2.43. The van der Waals surface area contributed by atoms with Gasteiger partial charge >= 0.3 is 0 Å². The van der Waals surface area contributed by atoms with Crippen molar-refractivity contribution in [2.75, 3.05) is 9.80 Å². The van der Waals surface area contributed by atoms with Crippen molar-refractivity contribution in [3.05, 3.63) is 249 Å². The molecule has 4 heteroatoms. The maximum Gasteiger partial charge on any atom is 0.0561 e. The number of hydrogen-bond donors (Lipinski definition) is 0. The molecule has 0 aliphatic rings. The Labute approximate surface area is 386 Å². The van der Waals surface area contributed by atoms with Gasteiger partial charge in [-0.1, -0.05) is 152 Å². The molecule has 0 saturated heterocycles. The van der Waals surface area contributed by atoms with E-state index in [4.69, 9.17) is 0 Å². The van der Waals surface area contributed by atoms with Crippen LogP contribution in [0.15, 0.2) is 249 Å². The van der Waals surface area contributed by atoms with Gasteiger partial charge in [0.15, 0.2) is 0 Å². The second-order valence-corrected chi connectivity index (χ2v) is 18.0. The minimum absolute atomic E-state index is 1.05. The van der Waals surface area contributed by atoms with Gasteiger partial charge in [-0.15, -0.1) is 11.3 Å². The van der Waals surface area contributed by atoms with Gasteiger partial charge in [-0.3, -0.25) is 0 Å². The van der Waals surface area contributed by atoms with E-state index in [1.807, 2.05) is 11.3 Å². The predicted octanol–water partition coefficient (Wildman–Crippen LogP) is 18.1. The van der Waals surface area contributed by atoms with Crippen molar-refractivity contribution in [3.63, 3.8) is 0 Å². The van der Waals surface area contributed by atoms with E-state index < -0.39 is 0 Å². The molecule has 0 aliphatic carbocycles. The number of anilines is 6. The van der Waals surface area contributed by atoms with Crippen molar-refractivity contribution in [1.29, 1.82) is 0 Å². The molecule has 3 nitrogen and oxygen atoms in total. The van der Waals surface area contributed by atoms with E-state index in [1.54, 1.807) is 0 Å². The zero-order valence-corrected chi connectivity index (χ0v) is 36.7. The van der Waals surface area contributed by atoms with Crippen LogP contribution in [-0.2, 0) is 0 Å². The summed E-state index contributed by atoms with van der Waals surface area (Å²) < 4.78 is 4.96. The largest absolute Gasteiger partial charge is 0.310 e. The SMILES string of the molecule is c1ccc(N(c2cc(-c3cc4ccccc4c4ccccc34)cc(N(c3ccccc3)c3ccc4c5ccccc5n(-c5ccccc5)c4c3)c2)c2ccc3c(c2)sc2ccccc23)cc1. The Morgan fingerprint density at radius 2 is 0.803 bits per heavy atom. The summed E-state index contributed by atoms with van der Waals surface area (Å²) in [6.45, 7) is 0. The highest BCUT2D eigenvalue weighted by molar-refractivity contribution is 7.25. The summed E-state index contributed by atoms with van der Waals surface area (Å²) in [7, 11) is 0. The van der Waals surface area contributed by atoms with Gasteiger partial charge in [-0.05, 0) is 130 Å². The smallest absolute Gasteiger partial charge is 0.0561 e. The monoisotopic (exact) mass is 859 g/mol. The van der Waals surface area contributed by atoms with E-state index in [2.05, 4.69) is 263 Å². The van der Waals surface area contributed by atoms with Gasteiger partial charge in [0.25, 0.3) is 0 Å². The molecule has 0 aliphatic heterocycles. The summed E-state index contributed by atoms with van der Waals surface area (Å²) in [6.07, 6.45) is 0. The van der Waals surface area contributed by atoms with Crippen LogP contribution >= 0.6 is 11.3 Å². The van der Waals surface area contributed by atoms with Crippen molar-refractivity contribution < 1.29 is 0 Å². The Kier molecular flexibility index (Phi) is 9.03. The van der Waals surface area contributed by atoms with Crippen LogP contribution < -0.4 is 9.80 Å². The highest BCUT2D eigenvalue weighted by Crippen LogP contribution is 2.47. The highest BCUT2D eigenvalue weighted by Gasteiger charge is 2.23. The van der Waals surface area contributed by atoms with Crippen molar-refractivity contribution >= 4 is 109 Å². The van der Waals surface area contributed by atoms with Crippen LogP contribution in [-0.4, -0.2) is 4.57 Å². The summed E-state index contributed by atoms with van der Waals surface area (Å²) in [4.78, 5) is 4.86. The molecule has 0 fully saturated rings. The Hall–Kier alpha value is -8.44. The first-order valence-electron chi connectivity index (χ1n) is 22.5. The maximum absolute atomic E-state index is 2.43. The molecule has 66 heavy (non-hydrogen) atoms. The lowest BCUT2D eigenvalue weighted by molar-refractivity contribution is 1.18. The number of fused-ring (bicyclic) bond motifs is 9. The highest BCUT2D eigenvalue weighted by atomic mass is 32.1. The minimum Gasteiger partial charge on any atom is -0.310 e. The van der Waals surface area contributed by atoms with Gasteiger partial charge < -0.3 is 14.4 Å². The number of para-hydroxylation sites is 4. The molecule has 0 saturated carbocycles. The molecule has 11 aromatic carbocycles. The van der Waals surface area contributed by atoms with E-state index in [9.17, 15) is 0 Å². The normalized spacial score (nSPS) is 11.6.